The quantitative estimate of drug-likeness (QED) is 0.601. The first-order chi connectivity index (χ1) is 5.92. The molecule has 0 N–H and O–H groups in total. The molecule has 0 spiro atoms. The Bertz CT molecular complexity index is 407. The van der Waals surface area contributed by atoms with Crippen LogP contribution in [0.2, 0.25) is 0 Å². The van der Waals surface area contributed by atoms with Crippen LogP contribution in [0, 0.1) is 0 Å². The average molecular weight is 161 g/mol. The lowest BCUT2D eigenvalue weighted by Gasteiger charge is -1.94. The zero-order valence-electron chi connectivity index (χ0n) is 6.34. The SMILES string of the molecule is O=CCc1ccc2cncnn12. The first-order valence-corrected chi connectivity index (χ1v) is 3.62. The summed E-state index contributed by atoms with van der Waals surface area (Å²) in [5, 5.41) is 4.01. The average Bonchev–Trinajstić information content (AvgIpc) is 2.50. The topological polar surface area (TPSA) is 47.3 Å². The van der Waals surface area contributed by atoms with E-state index in [1.165, 1.54) is 6.33 Å². The predicted octanol–water partition coefficient (Wildman–Crippen LogP) is 0.471. The molecule has 4 nitrogen and oxygen atoms in total. The van der Waals surface area contributed by atoms with Gasteiger partial charge in [-0.2, -0.15) is 5.10 Å². The maximum absolute atomic E-state index is 10.3. The van der Waals surface area contributed by atoms with Crippen molar-refractivity contribution >= 4 is 11.8 Å². The molecule has 2 aromatic rings. The van der Waals surface area contributed by atoms with Crippen molar-refractivity contribution in [2.75, 3.05) is 0 Å². The monoisotopic (exact) mass is 161 g/mol. The maximum Gasteiger partial charge on any atom is 0.136 e. The number of carbonyl (C=O) groups excluding carboxylic acids is 1. The molecule has 0 saturated heterocycles. The fourth-order valence-electron chi connectivity index (χ4n) is 1.16. The molecule has 4 heteroatoms. The molecule has 12 heavy (non-hydrogen) atoms. The van der Waals surface area contributed by atoms with Crippen molar-refractivity contribution in [1.82, 2.24) is 14.6 Å². The minimum Gasteiger partial charge on any atom is -0.303 e. The Labute approximate surface area is 68.8 Å². The van der Waals surface area contributed by atoms with Crippen LogP contribution in [0.15, 0.2) is 24.7 Å². The van der Waals surface area contributed by atoms with Crippen molar-refractivity contribution in [3.05, 3.63) is 30.4 Å². The van der Waals surface area contributed by atoms with E-state index in [1.807, 2.05) is 12.1 Å². The molecule has 0 bridgehead atoms. The van der Waals surface area contributed by atoms with Crippen molar-refractivity contribution < 1.29 is 4.79 Å². The molecular weight excluding hydrogens is 154 g/mol. The summed E-state index contributed by atoms with van der Waals surface area (Å²) in [6, 6.07) is 3.76. The number of carbonyl (C=O) groups is 1. The lowest BCUT2D eigenvalue weighted by atomic mass is 10.3. The van der Waals surface area contributed by atoms with E-state index in [4.69, 9.17) is 0 Å². The van der Waals surface area contributed by atoms with Gasteiger partial charge in [-0.3, -0.25) is 0 Å². The zero-order valence-corrected chi connectivity index (χ0v) is 6.34. The van der Waals surface area contributed by atoms with Gasteiger partial charge in [0.05, 0.1) is 11.7 Å². The largest absolute Gasteiger partial charge is 0.303 e. The van der Waals surface area contributed by atoms with E-state index in [9.17, 15) is 4.79 Å². The van der Waals surface area contributed by atoms with Crippen molar-refractivity contribution in [3.8, 4) is 0 Å². The van der Waals surface area contributed by atoms with Gasteiger partial charge in [-0.1, -0.05) is 0 Å². The molecule has 0 aliphatic carbocycles. The lowest BCUT2D eigenvalue weighted by molar-refractivity contribution is -0.107. The number of aromatic nitrogens is 3. The highest BCUT2D eigenvalue weighted by molar-refractivity contribution is 5.56. The fraction of sp³-hybridized carbons (Fsp3) is 0.125. The van der Waals surface area contributed by atoms with E-state index in [0.29, 0.717) is 6.42 Å². The van der Waals surface area contributed by atoms with Crippen LogP contribution >= 0.6 is 0 Å². The van der Waals surface area contributed by atoms with Crippen LogP contribution in [0.25, 0.3) is 5.52 Å². The molecule has 2 heterocycles. The zero-order chi connectivity index (χ0) is 8.39. The number of fused-ring (bicyclic) bond motifs is 1. The highest BCUT2D eigenvalue weighted by atomic mass is 16.1. The molecule has 2 aromatic heterocycles. The van der Waals surface area contributed by atoms with Crippen LogP contribution in [0.4, 0.5) is 0 Å². The molecule has 0 radical (unpaired) electrons. The standard InChI is InChI=1S/C8H7N3O/c12-4-3-7-1-2-8-5-9-6-10-11(7)8/h1-2,4-6H,3H2. The van der Waals surface area contributed by atoms with Crippen LogP contribution in [0.1, 0.15) is 5.69 Å². The van der Waals surface area contributed by atoms with E-state index in [2.05, 4.69) is 10.1 Å². The van der Waals surface area contributed by atoms with Crippen molar-refractivity contribution in [3.63, 3.8) is 0 Å². The number of nitrogens with zero attached hydrogens (tertiary/aromatic N) is 3. The van der Waals surface area contributed by atoms with Crippen LogP contribution in [0.5, 0.6) is 0 Å². The predicted molar refractivity (Wildman–Crippen MR) is 42.8 cm³/mol. The summed E-state index contributed by atoms with van der Waals surface area (Å²) >= 11 is 0. The Hall–Kier alpha value is -1.71. The van der Waals surface area contributed by atoms with Crippen LogP contribution in [-0.2, 0) is 11.2 Å². The minimum atomic E-state index is 0.394. The number of rotatable bonds is 2. The molecule has 0 unspecified atom stereocenters. The molecule has 2 rings (SSSR count). The van der Waals surface area contributed by atoms with Crippen molar-refractivity contribution in [1.29, 1.82) is 0 Å². The van der Waals surface area contributed by atoms with Crippen LogP contribution in [-0.4, -0.2) is 20.9 Å². The van der Waals surface area contributed by atoms with E-state index in [1.54, 1.807) is 10.7 Å². The second kappa shape index (κ2) is 2.73. The third kappa shape index (κ3) is 0.972. The van der Waals surface area contributed by atoms with Gasteiger partial charge < -0.3 is 4.79 Å². The van der Waals surface area contributed by atoms with E-state index in [0.717, 1.165) is 17.5 Å². The van der Waals surface area contributed by atoms with Crippen molar-refractivity contribution in [2.45, 2.75) is 6.42 Å². The first kappa shape index (κ1) is 6.97. The second-order valence-electron chi connectivity index (χ2n) is 2.44. The van der Waals surface area contributed by atoms with E-state index < -0.39 is 0 Å². The smallest absolute Gasteiger partial charge is 0.136 e. The molecular formula is C8H7N3O. The normalized spacial score (nSPS) is 10.3. The molecule has 0 aliphatic rings. The molecule has 60 valence electrons. The van der Waals surface area contributed by atoms with Gasteiger partial charge in [-0.05, 0) is 12.1 Å². The summed E-state index contributed by atoms with van der Waals surface area (Å²) in [6.07, 6.45) is 4.43. The molecule has 0 saturated carbocycles. The summed E-state index contributed by atoms with van der Waals surface area (Å²) < 4.78 is 1.71. The van der Waals surface area contributed by atoms with Gasteiger partial charge in [-0.25, -0.2) is 9.50 Å². The van der Waals surface area contributed by atoms with Crippen molar-refractivity contribution in [2.24, 2.45) is 0 Å². The van der Waals surface area contributed by atoms with E-state index >= 15 is 0 Å². The number of aldehydes is 1. The minimum absolute atomic E-state index is 0.394. The third-order valence-corrected chi connectivity index (χ3v) is 1.70. The Kier molecular flexibility index (Phi) is 1.59. The third-order valence-electron chi connectivity index (χ3n) is 1.70. The summed E-state index contributed by atoms with van der Waals surface area (Å²) in [7, 11) is 0. The van der Waals surface area contributed by atoms with Gasteiger partial charge in [-0.15, -0.1) is 0 Å². The van der Waals surface area contributed by atoms with E-state index in [-0.39, 0.29) is 0 Å². The highest BCUT2D eigenvalue weighted by Crippen LogP contribution is 2.05. The summed E-state index contributed by atoms with van der Waals surface area (Å²) in [5.74, 6) is 0. The summed E-state index contributed by atoms with van der Waals surface area (Å²) in [6.45, 7) is 0. The van der Waals surface area contributed by atoms with Gasteiger partial charge in [0, 0.05) is 12.1 Å². The Balaban J connectivity index is 2.62. The number of hydrogen-bond donors (Lipinski definition) is 0. The fourth-order valence-corrected chi connectivity index (χ4v) is 1.16. The molecule has 0 aromatic carbocycles. The number of hydrogen-bond acceptors (Lipinski definition) is 3. The van der Waals surface area contributed by atoms with Crippen LogP contribution in [0.3, 0.4) is 0 Å². The summed E-state index contributed by atoms with van der Waals surface area (Å²) in [5.41, 5.74) is 1.80. The molecule has 0 fully saturated rings. The van der Waals surface area contributed by atoms with Gasteiger partial charge in [0.25, 0.3) is 0 Å². The molecule has 0 atom stereocenters. The molecule has 0 aliphatic heterocycles. The Morgan fingerprint density at radius 3 is 3.25 bits per heavy atom. The van der Waals surface area contributed by atoms with Crippen LogP contribution < -0.4 is 0 Å². The van der Waals surface area contributed by atoms with Gasteiger partial charge in [0.1, 0.15) is 12.6 Å². The Morgan fingerprint density at radius 2 is 2.42 bits per heavy atom. The maximum atomic E-state index is 10.3. The van der Waals surface area contributed by atoms with Gasteiger partial charge in [0.2, 0.25) is 0 Å². The summed E-state index contributed by atoms with van der Waals surface area (Å²) in [4.78, 5) is 14.1. The van der Waals surface area contributed by atoms with Gasteiger partial charge >= 0.3 is 0 Å². The molecule has 0 amide bonds. The highest BCUT2D eigenvalue weighted by Gasteiger charge is 1.99. The van der Waals surface area contributed by atoms with Gasteiger partial charge in [0.15, 0.2) is 0 Å². The lowest BCUT2D eigenvalue weighted by Crippen LogP contribution is -1.97. The first-order valence-electron chi connectivity index (χ1n) is 3.62. The second-order valence-corrected chi connectivity index (χ2v) is 2.44. The Morgan fingerprint density at radius 1 is 1.50 bits per heavy atom.